The number of alkyl halides is 2. The molecule has 0 atom stereocenters. The third-order valence-electron chi connectivity index (χ3n) is 4.28. The van der Waals surface area contributed by atoms with Crippen molar-refractivity contribution in [2.75, 3.05) is 5.32 Å². The molecule has 0 bridgehead atoms. The fourth-order valence-corrected chi connectivity index (χ4v) is 2.92. The lowest BCUT2D eigenvalue weighted by atomic mass is 10.1. The summed E-state index contributed by atoms with van der Waals surface area (Å²) < 4.78 is 35.4. The van der Waals surface area contributed by atoms with Gasteiger partial charge >= 0.3 is 11.9 Å². The van der Waals surface area contributed by atoms with Gasteiger partial charge in [-0.05, 0) is 31.2 Å². The van der Waals surface area contributed by atoms with Gasteiger partial charge in [-0.3, -0.25) is 4.79 Å². The van der Waals surface area contributed by atoms with Gasteiger partial charge in [0.25, 0.3) is 5.91 Å². The van der Waals surface area contributed by atoms with Crippen LogP contribution in [0.5, 0.6) is 5.75 Å². The number of carbonyl (C=O) groups is 2. The number of hydrogen-bond donors (Lipinski definition) is 3. The number of aryl methyl sites for hydroxylation is 1. The summed E-state index contributed by atoms with van der Waals surface area (Å²) in [6, 6.07) is 5.67. The summed E-state index contributed by atoms with van der Waals surface area (Å²) >= 11 is 6.09. The third kappa shape index (κ3) is 4.28. The van der Waals surface area contributed by atoms with Crippen molar-refractivity contribution < 1.29 is 33.1 Å². The second-order valence-electron chi connectivity index (χ2n) is 6.37. The number of benzene rings is 1. The number of amides is 1. The molecule has 1 aromatic carbocycles. The topological polar surface area (TPSA) is 118 Å². The number of rotatable bonds is 7. The van der Waals surface area contributed by atoms with Gasteiger partial charge in [0, 0.05) is 24.5 Å². The predicted octanol–water partition coefficient (Wildman–Crippen LogP) is 4.04. The molecule has 0 saturated carbocycles. The molecule has 0 aliphatic heterocycles. The maximum Gasteiger partial charge on any atom is 0.339 e. The van der Waals surface area contributed by atoms with Crippen molar-refractivity contribution in [2.24, 2.45) is 0 Å². The molecule has 158 valence electrons. The Labute approximate surface area is 173 Å². The monoisotopic (exact) mass is 439 g/mol. The van der Waals surface area contributed by atoms with E-state index in [1.54, 1.807) is 6.92 Å². The molecular formula is C19H16ClF2N3O5. The number of halogens is 3. The number of phenols is 1. The predicted molar refractivity (Wildman–Crippen MR) is 103 cm³/mol. The van der Waals surface area contributed by atoms with Crippen molar-refractivity contribution in [3.63, 3.8) is 0 Å². The first-order chi connectivity index (χ1) is 14.1. The molecule has 0 fully saturated rings. The highest BCUT2D eigenvalue weighted by Crippen LogP contribution is 2.34. The minimum Gasteiger partial charge on any atom is -0.508 e. The molecule has 0 unspecified atom stereocenters. The molecule has 8 nitrogen and oxygen atoms in total. The van der Waals surface area contributed by atoms with E-state index in [1.807, 2.05) is 5.32 Å². The van der Waals surface area contributed by atoms with E-state index in [-0.39, 0.29) is 27.7 Å². The summed E-state index contributed by atoms with van der Waals surface area (Å²) in [6.45, 7) is 2.11. The van der Waals surface area contributed by atoms with Crippen LogP contribution in [0.15, 0.2) is 41.2 Å². The molecule has 3 N–H and O–H groups in total. The summed E-state index contributed by atoms with van der Waals surface area (Å²) in [5, 5.41) is 23.9. The first-order valence-electron chi connectivity index (χ1n) is 8.68. The SMILES string of the molecule is CCn1cc(NC(=O)C(F)(F)Cc2onc(-c3ccc(O)cc3)c2Cl)c(C(=O)O)c1. The van der Waals surface area contributed by atoms with Gasteiger partial charge in [0.05, 0.1) is 12.1 Å². The molecular weight excluding hydrogens is 424 g/mol. The highest BCUT2D eigenvalue weighted by molar-refractivity contribution is 6.33. The van der Waals surface area contributed by atoms with Crippen molar-refractivity contribution in [1.29, 1.82) is 0 Å². The van der Waals surface area contributed by atoms with Crippen LogP contribution in [-0.4, -0.2) is 37.7 Å². The molecule has 2 heterocycles. The number of aromatic hydroxyl groups is 1. The van der Waals surface area contributed by atoms with Crippen LogP contribution in [0.4, 0.5) is 14.5 Å². The number of anilines is 1. The number of nitrogens with zero attached hydrogens (tertiary/aromatic N) is 2. The Kier molecular flexibility index (Phi) is 5.79. The van der Waals surface area contributed by atoms with Gasteiger partial charge in [-0.25, -0.2) is 4.79 Å². The normalized spacial score (nSPS) is 11.5. The van der Waals surface area contributed by atoms with Gasteiger partial charge in [0.2, 0.25) is 0 Å². The zero-order chi connectivity index (χ0) is 22.1. The first kappa shape index (κ1) is 21.3. The average molecular weight is 440 g/mol. The lowest BCUT2D eigenvalue weighted by Crippen LogP contribution is -2.36. The van der Waals surface area contributed by atoms with Crippen LogP contribution >= 0.6 is 11.6 Å². The minimum absolute atomic E-state index is 0.000527. The number of hydrogen-bond acceptors (Lipinski definition) is 5. The standard InChI is InChI=1S/C19H16ClF2N3O5/c1-2-25-8-12(17(27)28)13(9-25)23-18(29)19(21,22)7-14-15(20)16(24-30-14)10-3-5-11(26)6-4-10/h3-6,8-9,26H,2,7H2,1H3,(H,23,29)(H,27,28). The van der Waals surface area contributed by atoms with Crippen molar-refractivity contribution in [3.05, 3.63) is 53.0 Å². The van der Waals surface area contributed by atoms with Gasteiger partial charge in [-0.15, -0.1) is 0 Å². The molecule has 0 saturated heterocycles. The van der Waals surface area contributed by atoms with E-state index in [4.69, 9.17) is 16.1 Å². The number of aromatic nitrogens is 2. The summed E-state index contributed by atoms with van der Waals surface area (Å²) in [6.07, 6.45) is 1.30. The van der Waals surface area contributed by atoms with Crippen molar-refractivity contribution in [3.8, 4) is 17.0 Å². The maximum atomic E-state index is 14.5. The molecule has 1 amide bonds. The van der Waals surface area contributed by atoms with E-state index in [1.165, 1.54) is 41.2 Å². The van der Waals surface area contributed by atoms with E-state index >= 15 is 0 Å². The third-order valence-corrected chi connectivity index (χ3v) is 4.67. The largest absolute Gasteiger partial charge is 0.508 e. The molecule has 0 aliphatic rings. The zero-order valence-corrected chi connectivity index (χ0v) is 16.3. The summed E-state index contributed by atoms with van der Waals surface area (Å²) in [7, 11) is 0. The molecule has 30 heavy (non-hydrogen) atoms. The maximum absolute atomic E-state index is 14.5. The van der Waals surface area contributed by atoms with Crippen molar-refractivity contribution in [1.82, 2.24) is 9.72 Å². The quantitative estimate of drug-likeness (QED) is 0.511. The van der Waals surface area contributed by atoms with Gasteiger partial charge < -0.3 is 24.6 Å². The fraction of sp³-hybridized carbons (Fsp3) is 0.211. The van der Waals surface area contributed by atoms with E-state index in [2.05, 4.69) is 5.16 Å². The number of carbonyl (C=O) groups excluding carboxylic acids is 1. The molecule has 3 rings (SSSR count). The molecule has 0 radical (unpaired) electrons. The lowest BCUT2D eigenvalue weighted by molar-refractivity contribution is -0.139. The Balaban J connectivity index is 1.80. The molecule has 0 spiro atoms. The van der Waals surface area contributed by atoms with Gasteiger partial charge in [0.1, 0.15) is 22.0 Å². The molecule has 3 aromatic rings. The second-order valence-corrected chi connectivity index (χ2v) is 6.75. The Bertz CT molecular complexity index is 1090. The van der Waals surface area contributed by atoms with Crippen LogP contribution in [0, 0.1) is 0 Å². The number of nitrogens with one attached hydrogen (secondary N) is 1. The Morgan fingerprint density at radius 2 is 1.93 bits per heavy atom. The van der Waals surface area contributed by atoms with E-state index < -0.39 is 30.0 Å². The smallest absolute Gasteiger partial charge is 0.339 e. The van der Waals surface area contributed by atoms with Gasteiger partial charge in [-0.1, -0.05) is 16.8 Å². The summed E-state index contributed by atoms with van der Waals surface area (Å²) in [5.74, 6) is -7.45. The van der Waals surface area contributed by atoms with Crippen LogP contribution in [0.25, 0.3) is 11.3 Å². The van der Waals surface area contributed by atoms with E-state index in [0.29, 0.717) is 12.1 Å². The highest BCUT2D eigenvalue weighted by atomic mass is 35.5. The van der Waals surface area contributed by atoms with Crippen LogP contribution < -0.4 is 5.32 Å². The number of carboxylic acids is 1. The Hall–Kier alpha value is -3.40. The summed E-state index contributed by atoms with van der Waals surface area (Å²) in [4.78, 5) is 23.4. The second kappa shape index (κ2) is 8.15. The van der Waals surface area contributed by atoms with Crippen molar-refractivity contribution >= 4 is 29.2 Å². The average Bonchev–Trinajstić information content (AvgIpc) is 3.26. The molecule has 11 heteroatoms. The molecule has 2 aromatic heterocycles. The number of aromatic carboxylic acids is 1. The van der Waals surface area contributed by atoms with E-state index in [0.717, 1.165) is 0 Å². The van der Waals surface area contributed by atoms with Crippen LogP contribution in [0.3, 0.4) is 0 Å². The lowest BCUT2D eigenvalue weighted by Gasteiger charge is -2.14. The number of carboxylic acid groups (broad SMARTS) is 1. The zero-order valence-electron chi connectivity index (χ0n) is 15.5. The van der Waals surface area contributed by atoms with Crippen LogP contribution in [-0.2, 0) is 17.8 Å². The highest BCUT2D eigenvalue weighted by Gasteiger charge is 2.42. The van der Waals surface area contributed by atoms with Gasteiger partial charge in [-0.2, -0.15) is 8.78 Å². The Morgan fingerprint density at radius 1 is 1.27 bits per heavy atom. The molecule has 0 aliphatic carbocycles. The number of phenolic OH excluding ortho intramolecular Hbond substituents is 1. The van der Waals surface area contributed by atoms with Crippen molar-refractivity contribution in [2.45, 2.75) is 25.8 Å². The van der Waals surface area contributed by atoms with Gasteiger partial charge in [0.15, 0.2) is 5.76 Å². The fourth-order valence-electron chi connectivity index (χ4n) is 2.68. The summed E-state index contributed by atoms with van der Waals surface area (Å²) in [5.41, 5.74) is -0.0561. The first-order valence-corrected chi connectivity index (χ1v) is 9.06. The van der Waals surface area contributed by atoms with Crippen LogP contribution in [0.1, 0.15) is 23.0 Å². The van der Waals surface area contributed by atoms with E-state index in [9.17, 15) is 28.6 Å². The Morgan fingerprint density at radius 3 is 2.53 bits per heavy atom. The minimum atomic E-state index is -3.96. The van der Waals surface area contributed by atoms with Crippen LogP contribution in [0.2, 0.25) is 5.02 Å².